The van der Waals surface area contributed by atoms with Crippen LogP contribution in [0.5, 0.6) is 5.75 Å². The van der Waals surface area contributed by atoms with Crippen LogP contribution in [-0.4, -0.2) is 28.4 Å². The maximum atomic E-state index is 12.7. The van der Waals surface area contributed by atoms with Crippen molar-refractivity contribution in [3.63, 3.8) is 0 Å². The molecule has 0 unspecified atom stereocenters. The van der Waals surface area contributed by atoms with E-state index < -0.39 is 17.5 Å². The van der Waals surface area contributed by atoms with Crippen molar-refractivity contribution in [1.82, 2.24) is 4.90 Å². The van der Waals surface area contributed by atoms with Crippen molar-refractivity contribution in [2.45, 2.75) is 32.9 Å². The van der Waals surface area contributed by atoms with Gasteiger partial charge in [0.2, 0.25) is 5.91 Å². The third kappa shape index (κ3) is 4.03. The minimum Gasteiger partial charge on any atom is -0.508 e. The summed E-state index contributed by atoms with van der Waals surface area (Å²) in [5, 5.41) is 10.4. The molecule has 4 rings (SSSR count). The molecule has 1 saturated heterocycles. The highest BCUT2D eigenvalue weighted by molar-refractivity contribution is 5.88. The number of hydrogen-bond donors (Lipinski definition) is 1. The van der Waals surface area contributed by atoms with E-state index >= 15 is 0 Å². The van der Waals surface area contributed by atoms with E-state index in [1.807, 2.05) is 37.3 Å². The lowest BCUT2D eigenvalue weighted by atomic mass is 10.1. The molecule has 1 aliphatic rings. The number of likely N-dealkylation sites (tertiary alicyclic amines) is 1. The Balaban J connectivity index is 1.47. The van der Waals surface area contributed by atoms with Gasteiger partial charge < -0.3 is 19.2 Å². The second-order valence-electron chi connectivity index (χ2n) is 7.82. The minimum absolute atomic E-state index is 0.0156. The Morgan fingerprint density at radius 1 is 1.23 bits per heavy atom. The summed E-state index contributed by atoms with van der Waals surface area (Å²) < 4.78 is 10.7. The number of aryl methyl sites for hydroxylation is 1. The van der Waals surface area contributed by atoms with Crippen molar-refractivity contribution >= 4 is 22.8 Å². The molecular weight excluding hydrogens is 398 g/mol. The van der Waals surface area contributed by atoms with Crippen LogP contribution in [0.3, 0.4) is 0 Å². The van der Waals surface area contributed by atoms with Crippen molar-refractivity contribution in [1.29, 1.82) is 0 Å². The molecule has 1 aliphatic heterocycles. The molecule has 7 nitrogen and oxygen atoms in total. The molecule has 31 heavy (non-hydrogen) atoms. The number of phenols is 1. The molecular formula is C24H23NO6. The normalized spacial score (nSPS) is 17.2. The molecule has 0 saturated carbocycles. The number of benzene rings is 2. The van der Waals surface area contributed by atoms with E-state index in [1.54, 1.807) is 17.9 Å². The summed E-state index contributed by atoms with van der Waals surface area (Å²) in [4.78, 5) is 38.8. The fraction of sp³-hybridized carbons (Fsp3) is 0.292. The Kier molecular flexibility index (Phi) is 5.50. The first-order chi connectivity index (χ1) is 14.8. The molecule has 0 radical (unpaired) electrons. The standard InChI is InChI=1S/C24H23NO6/c1-14-20(26)9-8-19-18(11-22(28)31-23(14)19)13-30-24(29)17-10-21(27)25(12-17)15(2)16-6-4-3-5-7-16/h3-9,11,15,17,26H,10,12-13H2,1-2H3/t15-,17-/m1/s1. The van der Waals surface area contributed by atoms with E-state index in [4.69, 9.17) is 9.15 Å². The summed E-state index contributed by atoms with van der Waals surface area (Å²) in [7, 11) is 0. The summed E-state index contributed by atoms with van der Waals surface area (Å²) in [5.74, 6) is -1.11. The average Bonchev–Trinajstić information content (AvgIpc) is 3.16. The quantitative estimate of drug-likeness (QED) is 0.501. The van der Waals surface area contributed by atoms with Gasteiger partial charge in [0, 0.05) is 35.5 Å². The first kappa shape index (κ1) is 20.7. The van der Waals surface area contributed by atoms with Crippen LogP contribution in [0.1, 0.15) is 36.1 Å². The van der Waals surface area contributed by atoms with E-state index in [2.05, 4.69) is 0 Å². The third-order valence-corrected chi connectivity index (χ3v) is 5.83. The van der Waals surface area contributed by atoms with Crippen LogP contribution >= 0.6 is 0 Å². The van der Waals surface area contributed by atoms with Crippen molar-refractivity contribution in [2.24, 2.45) is 5.92 Å². The zero-order chi connectivity index (χ0) is 22.1. The van der Waals surface area contributed by atoms with Gasteiger partial charge in [0.15, 0.2) is 0 Å². The Morgan fingerprint density at radius 2 is 1.97 bits per heavy atom. The number of ether oxygens (including phenoxy) is 1. The SMILES string of the molecule is Cc1c(O)ccc2c(COC(=O)[C@@H]3CC(=O)N([C@H](C)c4ccccc4)C3)cc(=O)oc12. The lowest BCUT2D eigenvalue weighted by Gasteiger charge is -2.25. The highest BCUT2D eigenvalue weighted by Gasteiger charge is 2.38. The lowest BCUT2D eigenvalue weighted by molar-refractivity contribution is -0.149. The first-order valence-corrected chi connectivity index (χ1v) is 10.1. The van der Waals surface area contributed by atoms with Crippen LogP contribution in [0.15, 0.2) is 57.7 Å². The monoisotopic (exact) mass is 421 g/mol. The molecule has 0 bridgehead atoms. The smallest absolute Gasteiger partial charge is 0.336 e. The van der Waals surface area contributed by atoms with Gasteiger partial charge in [-0.1, -0.05) is 30.3 Å². The van der Waals surface area contributed by atoms with Gasteiger partial charge in [0.05, 0.1) is 12.0 Å². The van der Waals surface area contributed by atoms with Gasteiger partial charge in [-0.05, 0) is 31.5 Å². The molecule has 2 aromatic carbocycles. The largest absolute Gasteiger partial charge is 0.508 e. The zero-order valence-electron chi connectivity index (χ0n) is 17.3. The van der Waals surface area contributed by atoms with Gasteiger partial charge in [-0.3, -0.25) is 9.59 Å². The van der Waals surface area contributed by atoms with Gasteiger partial charge in [-0.2, -0.15) is 0 Å². The van der Waals surface area contributed by atoms with Crippen molar-refractivity contribution < 1.29 is 23.8 Å². The van der Waals surface area contributed by atoms with Crippen LogP contribution in [0, 0.1) is 12.8 Å². The lowest BCUT2D eigenvalue weighted by Crippen LogP contribution is -2.29. The second-order valence-corrected chi connectivity index (χ2v) is 7.82. The predicted octanol–water partition coefficient (Wildman–Crippen LogP) is 3.46. The van der Waals surface area contributed by atoms with Crippen molar-refractivity contribution in [3.05, 3.63) is 75.6 Å². The minimum atomic E-state index is -0.592. The van der Waals surface area contributed by atoms with Gasteiger partial charge in [-0.15, -0.1) is 0 Å². The maximum Gasteiger partial charge on any atom is 0.336 e. The molecule has 0 aliphatic carbocycles. The highest BCUT2D eigenvalue weighted by Crippen LogP contribution is 2.30. The summed E-state index contributed by atoms with van der Waals surface area (Å²) in [6, 6.07) is 13.9. The van der Waals surface area contributed by atoms with Crippen molar-refractivity contribution in [2.75, 3.05) is 6.54 Å². The summed E-state index contributed by atoms with van der Waals surface area (Å²) >= 11 is 0. The number of amides is 1. The number of carbonyl (C=O) groups excluding carboxylic acids is 2. The number of hydrogen-bond acceptors (Lipinski definition) is 6. The topological polar surface area (TPSA) is 97.0 Å². The number of carbonyl (C=O) groups is 2. The van der Waals surface area contributed by atoms with Crippen LogP contribution in [0.4, 0.5) is 0 Å². The van der Waals surface area contributed by atoms with Crippen LogP contribution in [-0.2, 0) is 20.9 Å². The van der Waals surface area contributed by atoms with Crippen LogP contribution in [0.25, 0.3) is 11.0 Å². The number of nitrogens with zero attached hydrogens (tertiary/aromatic N) is 1. The highest BCUT2D eigenvalue weighted by atomic mass is 16.5. The van der Waals surface area contributed by atoms with E-state index in [0.29, 0.717) is 23.1 Å². The number of rotatable bonds is 5. The number of phenolic OH excluding ortho intramolecular Hbond substituents is 1. The van der Waals surface area contributed by atoms with Gasteiger partial charge in [0.1, 0.15) is 17.9 Å². The Labute approximate surface area is 178 Å². The van der Waals surface area contributed by atoms with Gasteiger partial charge in [0.25, 0.3) is 0 Å². The molecule has 2 atom stereocenters. The number of aromatic hydroxyl groups is 1. The first-order valence-electron chi connectivity index (χ1n) is 10.1. The van der Waals surface area contributed by atoms with E-state index in [-0.39, 0.29) is 36.3 Å². The molecule has 160 valence electrons. The Morgan fingerprint density at radius 3 is 2.71 bits per heavy atom. The average molecular weight is 421 g/mol. The summed E-state index contributed by atoms with van der Waals surface area (Å²) in [6.45, 7) is 3.75. The molecule has 2 heterocycles. The second kappa shape index (κ2) is 8.26. The van der Waals surface area contributed by atoms with Crippen LogP contribution < -0.4 is 5.63 Å². The van der Waals surface area contributed by atoms with E-state index in [1.165, 1.54) is 12.1 Å². The molecule has 1 N–H and O–H groups in total. The molecule has 1 aromatic heterocycles. The van der Waals surface area contributed by atoms with Crippen molar-refractivity contribution in [3.8, 4) is 5.75 Å². The van der Waals surface area contributed by atoms with E-state index in [9.17, 15) is 19.5 Å². The predicted molar refractivity (Wildman–Crippen MR) is 113 cm³/mol. The molecule has 3 aromatic rings. The third-order valence-electron chi connectivity index (χ3n) is 5.83. The molecule has 7 heteroatoms. The molecule has 1 amide bonds. The fourth-order valence-electron chi connectivity index (χ4n) is 3.98. The molecule has 1 fully saturated rings. The van der Waals surface area contributed by atoms with Gasteiger partial charge >= 0.3 is 11.6 Å². The molecule has 0 spiro atoms. The summed E-state index contributed by atoms with van der Waals surface area (Å²) in [5.41, 5.74) is 1.60. The van der Waals surface area contributed by atoms with E-state index in [0.717, 1.165) is 5.56 Å². The number of fused-ring (bicyclic) bond motifs is 1. The summed E-state index contributed by atoms with van der Waals surface area (Å²) in [6.07, 6.45) is 0.0979. The fourth-order valence-corrected chi connectivity index (χ4v) is 3.98. The number of esters is 1. The Bertz CT molecular complexity index is 1200. The Hall–Kier alpha value is -3.61. The van der Waals surface area contributed by atoms with Crippen LogP contribution in [0.2, 0.25) is 0 Å². The maximum absolute atomic E-state index is 12.7. The zero-order valence-corrected chi connectivity index (χ0v) is 17.3. The van der Waals surface area contributed by atoms with Gasteiger partial charge in [-0.25, -0.2) is 4.79 Å².